The Balaban J connectivity index is 1.58. The number of nitrogens with zero attached hydrogens (tertiary/aromatic N) is 1. The number of β-amino-alcohol motifs (C(OH)–C–C–N with tert-alkyl or cyclic N) is 1. The molecule has 120 valence electrons. The molecule has 3 rings (SSSR count). The molecule has 2 aromatic carbocycles. The number of hydrogen-bond donors (Lipinski definition) is 2. The minimum atomic E-state index is -0.935. The Labute approximate surface area is 136 Å². The molecule has 2 N–H and O–H groups in total. The van der Waals surface area contributed by atoms with E-state index in [2.05, 4.69) is 0 Å². The molecule has 0 unspecified atom stereocenters. The van der Waals surface area contributed by atoms with Crippen LogP contribution in [0.4, 0.5) is 0 Å². The average molecular weight is 311 g/mol. The number of carbonyl (C=O) groups excluding carboxylic acids is 1. The lowest BCUT2D eigenvalue weighted by Gasteiger charge is -2.24. The zero-order chi connectivity index (χ0) is 16.3. The third-order valence-corrected chi connectivity index (χ3v) is 4.48. The quantitative estimate of drug-likeness (QED) is 0.912. The first-order chi connectivity index (χ1) is 11.1. The van der Waals surface area contributed by atoms with Gasteiger partial charge in [-0.1, -0.05) is 42.5 Å². The Morgan fingerprint density at radius 2 is 1.78 bits per heavy atom. The van der Waals surface area contributed by atoms with Crippen LogP contribution in [0.2, 0.25) is 0 Å². The van der Waals surface area contributed by atoms with E-state index in [1.54, 1.807) is 17.0 Å². The largest absolute Gasteiger partial charge is 0.508 e. The van der Waals surface area contributed by atoms with Gasteiger partial charge in [0.25, 0.3) is 0 Å². The van der Waals surface area contributed by atoms with Crippen molar-refractivity contribution in [1.82, 2.24) is 4.90 Å². The van der Waals surface area contributed by atoms with Crippen LogP contribution in [0.5, 0.6) is 5.75 Å². The second-order valence-corrected chi connectivity index (χ2v) is 6.13. The number of aliphatic hydroxyl groups is 1. The van der Waals surface area contributed by atoms with Crippen LogP contribution in [0.15, 0.2) is 54.6 Å². The van der Waals surface area contributed by atoms with Gasteiger partial charge in [-0.2, -0.15) is 0 Å². The molecule has 0 saturated carbocycles. The Morgan fingerprint density at radius 3 is 2.48 bits per heavy atom. The van der Waals surface area contributed by atoms with Crippen molar-refractivity contribution in [2.24, 2.45) is 0 Å². The normalized spacial score (nSPS) is 20.7. The fraction of sp³-hybridized carbons (Fsp3) is 0.316. The lowest BCUT2D eigenvalue weighted by molar-refractivity contribution is -0.131. The maximum absolute atomic E-state index is 12.4. The van der Waals surface area contributed by atoms with Gasteiger partial charge in [0.05, 0.1) is 6.54 Å². The number of phenolic OH excluding ortho intramolecular Hbond substituents is 1. The van der Waals surface area contributed by atoms with E-state index in [-0.39, 0.29) is 11.7 Å². The van der Waals surface area contributed by atoms with Crippen molar-refractivity contribution < 1.29 is 15.0 Å². The van der Waals surface area contributed by atoms with E-state index in [0.29, 0.717) is 32.4 Å². The third kappa shape index (κ3) is 3.54. The molecule has 2 aromatic rings. The Kier molecular flexibility index (Phi) is 4.35. The van der Waals surface area contributed by atoms with Crippen molar-refractivity contribution in [3.8, 4) is 5.75 Å². The van der Waals surface area contributed by atoms with Gasteiger partial charge >= 0.3 is 0 Å². The summed E-state index contributed by atoms with van der Waals surface area (Å²) in [6, 6.07) is 16.5. The zero-order valence-electron chi connectivity index (χ0n) is 13.0. The van der Waals surface area contributed by atoms with E-state index in [1.165, 1.54) is 0 Å². The number of phenols is 1. The fourth-order valence-electron chi connectivity index (χ4n) is 3.06. The maximum atomic E-state index is 12.4. The third-order valence-electron chi connectivity index (χ3n) is 4.48. The summed E-state index contributed by atoms with van der Waals surface area (Å²) in [5, 5.41) is 20.0. The highest BCUT2D eigenvalue weighted by atomic mass is 16.3. The molecular formula is C19H21NO3. The van der Waals surface area contributed by atoms with Crippen LogP contribution < -0.4 is 0 Å². The van der Waals surface area contributed by atoms with Gasteiger partial charge in [0.2, 0.25) is 5.91 Å². The molecular weight excluding hydrogens is 290 g/mol. The first kappa shape index (κ1) is 15.6. The summed E-state index contributed by atoms with van der Waals surface area (Å²) in [7, 11) is 0. The first-order valence-electron chi connectivity index (χ1n) is 7.90. The number of carbonyl (C=O) groups is 1. The van der Waals surface area contributed by atoms with Gasteiger partial charge in [0.1, 0.15) is 11.4 Å². The topological polar surface area (TPSA) is 60.8 Å². The molecule has 1 fully saturated rings. The molecule has 1 heterocycles. The molecule has 0 aliphatic carbocycles. The molecule has 1 aliphatic rings. The van der Waals surface area contributed by atoms with E-state index in [0.717, 1.165) is 11.1 Å². The Morgan fingerprint density at radius 1 is 1.09 bits per heavy atom. The summed E-state index contributed by atoms with van der Waals surface area (Å²) in [5.74, 6) is 0.289. The van der Waals surface area contributed by atoms with Crippen molar-refractivity contribution >= 4 is 5.91 Å². The molecule has 1 saturated heterocycles. The molecule has 0 spiro atoms. The molecule has 0 radical (unpaired) electrons. The Bertz CT molecular complexity index is 669. The van der Waals surface area contributed by atoms with Crippen LogP contribution in [0.3, 0.4) is 0 Å². The molecule has 23 heavy (non-hydrogen) atoms. The summed E-state index contributed by atoms with van der Waals surface area (Å²) in [6.07, 6.45) is 1.62. The van der Waals surface area contributed by atoms with E-state index >= 15 is 0 Å². The molecule has 0 bridgehead atoms. The van der Waals surface area contributed by atoms with Gasteiger partial charge in [0.15, 0.2) is 0 Å². The molecule has 4 nitrogen and oxygen atoms in total. The maximum Gasteiger partial charge on any atom is 0.223 e. The van der Waals surface area contributed by atoms with Crippen LogP contribution in [-0.4, -0.2) is 34.1 Å². The van der Waals surface area contributed by atoms with Crippen LogP contribution in [0, 0.1) is 0 Å². The first-order valence-corrected chi connectivity index (χ1v) is 7.90. The van der Waals surface area contributed by atoms with Gasteiger partial charge in [-0.05, 0) is 36.1 Å². The molecule has 4 heteroatoms. The van der Waals surface area contributed by atoms with E-state index in [4.69, 9.17) is 0 Å². The number of aromatic hydroxyl groups is 1. The zero-order valence-corrected chi connectivity index (χ0v) is 13.0. The van der Waals surface area contributed by atoms with Crippen LogP contribution in [0.1, 0.15) is 24.0 Å². The summed E-state index contributed by atoms with van der Waals surface area (Å²) in [6.45, 7) is 0.936. The summed E-state index contributed by atoms with van der Waals surface area (Å²) in [5.41, 5.74) is 0.956. The van der Waals surface area contributed by atoms with Crippen molar-refractivity contribution in [3.05, 3.63) is 65.7 Å². The molecule has 1 atom stereocenters. The van der Waals surface area contributed by atoms with Crippen LogP contribution in [-0.2, 0) is 16.8 Å². The van der Waals surface area contributed by atoms with Gasteiger partial charge in [-0.25, -0.2) is 0 Å². The van der Waals surface area contributed by atoms with Crippen molar-refractivity contribution in [2.75, 3.05) is 13.1 Å². The standard InChI is InChI=1S/C19H21NO3/c21-17-9-6-15(7-10-17)8-11-18(22)20-13-12-19(23,14-20)16-4-2-1-3-5-16/h1-7,9-10,21,23H,8,11-14H2/t19-/m1/s1. The molecule has 0 aromatic heterocycles. The highest BCUT2D eigenvalue weighted by molar-refractivity contribution is 5.77. The lowest BCUT2D eigenvalue weighted by Crippen LogP contribution is -2.34. The smallest absolute Gasteiger partial charge is 0.223 e. The van der Waals surface area contributed by atoms with Gasteiger partial charge in [-0.15, -0.1) is 0 Å². The van der Waals surface area contributed by atoms with Crippen molar-refractivity contribution in [3.63, 3.8) is 0 Å². The Hall–Kier alpha value is -2.33. The number of amides is 1. The SMILES string of the molecule is O=C(CCc1ccc(O)cc1)N1CC[C@](O)(c2ccccc2)C1. The number of rotatable bonds is 4. The van der Waals surface area contributed by atoms with Crippen molar-refractivity contribution in [2.45, 2.75) is 24.9 Å². The minimum absolute atomic E-state index is 0.0601. The van der Waals surface area contributed by atoms with Gasteiger partial charge in [-0.3, -0.25) is 4.79 Å². The summed E-state index contributed by atoms with van der Waals surface area (Å²) >= 11 is 0. The number of aryl methyl sites for hydroxylation is 1. The predicted octanol–water partition coefficient (Wildman–Crippen LogP) is 2.44. The minimum Gasteiger partial charge on any atom is -0.508 e. The van der Waals surface area contributed by atoms with Gasteiger partial charge in [0, 0.05) is 13.0 Å². The molecule has 1 aliphatic heterocycles. The number of hydrogen-bond acceptors (Lipinski definition) is 3. The highest BCUT2D eigenvalue weighted by Gasteiger charge is 2.39. The van der Waals surface area contributed by atoms with Crippen molar-refractivity contribution in [1.29, 1.82) is 0 Å². The van der Waals surface area contributed by atoms with Crippen LogP contribution >= 0.6 is 0 Å². The van der Waals surface area contributed by atoms with E-state index in [1.807, 2.05) is 42.5 Å². The highest BCUT2D eigenvalue weighted by Crippen LogP contribution is 2.32. The van der Waals surface area contributed by atoms with Crippen LogP contribution in [0.25, 0.3) is 0 Å². The summed E-state index contributed by atoms with van der Waals surface area (Å²) in [4.78, 5) is 14.1. The van der Waals surface area contributed by atoms with E-state index in [9.17, 15) is 15.0 Å². The predicted molar refractivity (Wildman–Crippen MR) is 88.0 cm³/mol. The lowest BCUT2D eigenvalue weighted by atomic mass is 9.93. The van der Waals surface area contributed by atoms with Gasteiger partial charge < -0.3 is 15.1 Å². The number of likely N-dealkylation sites (tertiary alicyclic amines) is 1. The average Bonchev–Trinajstić information content (AvgIpc) is 2.99. The molecule has 1 amide bonds. The second-order valence-electron chi connectivity index (χ2n) is 6.13. The van der Waals surface area contributed by atoms with E-state index < -0.39 is 5.60 Å². The second kappa shape index (κ2) is 6.42. The summed E-state index contributed by atoms with van der Waals surface area (Å²) < 4.78 is 0. The number of benzene rings is 2. The fourth-order valence-corrected chi connectivity index (χ4v) is 3.06. The monoisotopic (exact) mass is 311 g/mol.